The van der Waals surface area contributed by atoms with Crippen molar-refractivity contribution < 1.29 is 13.2 Å². The summed E-state index contributed by atoms with van der Waals surface area (Å²) in [5.74, 6) is -1.54. The van der Waals surface area contributed by atoms with Gasteiger partial charge in [0.15, 0.2) is 0 Å². The molecule has 0 fully saturated rings. The summed E-state index contributed by atoms with van der Waals surface area (Å²) in [6, 6.07) is 8.28. The van der Waals surface area contributed by atoms with Crippen LogP contribution in [0.2, 0.25) is 0 Å². The SMILES string of the molecule is C[C@@H]([C@@H](Cl)c1ccccc1)C(F)(F)F. The molecule has 0 nitrogen and oxygen atoms in total. The summed E-state index contributed by atoms with van der Waals surface area (Å²) in [5, 5.41) is -1.02. The second kappa shape index (κ2) is 4.22. The van der Waals surface area contributed by atoms with Crippen LogP contribution in [0.3, 0.4) is 0 Å². The molecule has 78 valence electrons. The Balaban J connectivity index is 2.81. The van der Waals surface area contributed by atoms with Gasteiger partial charge in [0.2, 0.25) is 0 Å². The number of halogens is 4. The number of rotatable bonds is 2. The molecule has 0 aliphatic heterocycles. The zero-order valence-electron chi connectivity index (χ0n) is 7.55. The van der Waals surface area contributed by atoms with Crippen molar-refractivity contribution >= 4 is 11.6 Å². The van der Waals surface area contributed by atoms with Crippen LogP contribution in [0.1, 0.15) is 17.9 Å². The summed E-state index contributed by atoms with van der Waals surface area (Å²) < 4.78 is 36.9. The quantitative estimate of drug-likeness (QED) is 0.659. The molecule has 0 saturated heterocycles. The maximum atomic E-state index is 12.3. The highest BCUT2D eigenvalue weighted by Gasteiger charge is 2.40. The molecule has 0 aliphatic carbocycles. The average molecular weight is 223 g/mol. The minimum atomic E-state index is -4.25. The second-order valence-corrected chi connectivity index (χ2v) is 3.61. The van der Waals surface area contributed by atoms with Crippen molar-refractivity contribution in [3.63, 3.8) is 0 Å². The summed E-state index contributed by atoms with van der Waals surface area (Å²) >= 11 is 5.72. The first kappa shape index (κ1) is 11.4. The molecule has 2 atom stereocenters. The van der Waals surface area contributed by atoms with Crippen LogP contribution in [-0.2, 0) is 0 Å². The minimum Gasteiger partial charge on any atom is -0.171 e. The maximum absolute atomic E-state index is 12.3. The second-order valence-electron chi connectivity index (χ2n) is 3.14. The highest BCUT2D eigenvalue weighted by molar-refractivity contribution is 6.21. The first-order valence-electron chi connectivity index (χ1n) is 4.18. The lowest BCUT2D eigenvalue weighted by atomic mass is 10.0. The molecule has 4 heteroatoms. The molecule has 0 heterocycles. The third-order valence-corrected chi connectivity index (χ3v) is 2.70. The van der Waals surface area contributed by atoms with Crippen molar-refractivity contribution in [1.29, 1.82) is 0 Å². The van der Waals surface area contributed by atoms with Gasteiger partial charge in [0.05, 0.1) is 11.3 Å². The Morgan fingerprint density at radius 2 is 1.64 bits per heavy atom. The van der Waals surface area contributed by atoms with Gasteiger partial charge in [0, 0.05) is 0 Å². The lowest BCUT2D eigenvalue weighted by molar-refractivity contribution is -0.170. The van der Waals surface area contributed by atoms with E-state index in [9.17, 15) is 13.2 Å². The van der Waals surface area contributed by atoms with Crippen LogP contribution in [-0.4, -0.2) is 6.18 Å². The zero-order chi connectivity index (χ0) is 10.8. The van der Waals surface area contributed by atoms with E-state index in [-0.39, 0.29) is 0 Å². The van der Waals surface area contributed by atoms with Crippen LogP contribution in [0.25, 0.3) is 0 Å². The van der Waals surface area contributed by atoms with E-state index in [1.165, 1.54) is 0 Å². The van der Waals surface area contributed by atoms with E-state index in [0.717, 1.165) is 6.92 Å². The predicted octanol–water partition coefficient (Wildman–Crippen LogP) is 4.16. The molecule has 0 spiro atoms. The summed E-state index contributed by atoms with van der Waals surface area (Å²) in [7, 11) is 0. The van der Waals surface area contributed by atoms with Crippen LogP contribution in [0.5, 0.6) is 0 Å². The van der Waals surface area contributed by atoms with Crippen molar-refractivity contribution in [2.75, 3.05) is 0 Å². The number of benzene rings is 1. The van der Waals surface area contributed by atoms with Gasteiger partial charge in [-0.15, -0.1) is 11.6 Å². The van der Waals surface area contributed by atoms with Gasteiger partial charge in [-0.2, -0.15) is 13.2 Å². The lowest BCUT2D eigenvalue weighted by Gasteiger charge is -2.20. The lowest BCUT2D eigenvalue weighted by Crippen LogP contribution is -2.23. The Morgan fingerprint density at radius 1 is 1.14 bits per heavy atom. The van der Waals surface area contributed by atoms with E-state index >= 15 is 0 Å². The fourth-order valence-electron chi connectivity index (χ4n) is 1.09. The Kier molecular flexibility index (Phi) is 3.43. The van der Waals surface area contributed by atoms with Crippen molar-refractivity contribution in [3.05, 3.63) is 35.9 Å². The third-order valence-electron chi connectivity index (χ3n) is 2.07. The summed E-state index contributed by atoms with van der Waals surface area (Å²) in [6.07, 6.45) is -4.25. The first-order valence-corrected chi connectivity index (χ1v) is 4.62. The topological polar surface area (TPSA) is 0 Å². The van der Waals surface area contributed by atoms with Crippen molar-refractivity contribution in [2.24, 2.45) is 5.92 Å². The Hall–Kier alpha value is -0.700. The van der Waals surface area contributed by atoms with E-state index < -0.39 is 17.5 Å². The predicted molar refractivity (Wildman–Crippen MR) is 50.3 cm³/mol. The summed E-state index contributed by atoms with van der Waals surface area (Å²) in [4.78, 5) is 0. The van der Waals surface area contributed by atoms with Gasteiger partial charge >= 0.3 is 6.18 Å². The van der Waals surface area contributed by atoms with Gasteiger partial charge < -0.3 is 0 Å². The zero-order valence-corrected chi connectivity index (χ0v) is 8.31. The van der Waals surface area contributed by atoms with Crippen LogP contribution in [0.4, 0.5) is 13.2 Å². The maximum Gasteiger partial charge on any atom is 0.393 e. The molecule has 14 heavy (non-hydrogen) atoms. The number of hydrogen-bond acceptors (Lipinski definition) is 0. The van der Waals surface area contributed by atoms with Gasteiger partial charge in [-0.25, -0.2) is 0 Å². The average Bonchev–Trinajstić information content (AvgIpc) is 2.15. The van der Waals surface area contributed by atoms with E-state index in [1.54, 1.807) is 30.3 Å². The smallest absolute Gasteiger partial charge is 0.171 e. The molecule has 0 unspecified atom stereocenters. The highest BCUT2D eigenvalue weighted by atomic mass is 35.5. The third kappa shape index (κ3) is 2.64. The largest absolute Gasteiger partial charge is 0.393 e. The fraction of sp³-hybridized carbons (Fsp3) is 0.400. The van der Waals surface area contributed by atoms with E-state index in [4.69, 9.17) is 11.6 Å². The molecular formula is C10H10ClF3. The van der Waals surface area contributed by atoms with Gasteiger partial charge in [-0.3, -0.25) is 0 Å². The Bertz CT molecular complexity index is 281. The molecule has 1 rings (SSSR count). The standard InChI is InChI=1S/C10H10ClF3/c1-7(10(12,13)14)9(11)8-5-3-2-4-6-8/h2-7,9H,1H3/t7-,9+/m0/s1. The molecule has 0 radical (unpaired) electrons. The van der Waals surface area contributed by atoms with Crippen molar-refractivity contribution in [1.82, 2.24) is 0 Å². The van der Waals surface area contributed by atoms with Crippen LogP contribution in [0.15, 0.2) is 30.3 Å². The molecule has 0 bridgehead atoms. The van der Waals surface area contributed by atoms with Crippen molar-refractivity contribution in [3.8, 4) is 0 Å². The van der Waals surface area contributed by atoms with Gasteiger partial charge in [0.25, 0.3) is 0 Å². The molecular weight excluding hydrogens is 213 g/mol. The van der Waals surface area contributed by atoms with Crippen LogP contribution < -0.4 is 0 Å². The van der Waals surface area contributed by atoms with Gasteiger partial charge in [-0.1, -0.05) is 37.3 Å². The monoisotopic (exact) mass is 222 g/mol. The van der Waals surface area contributed by atoms with E-state index in [0.29, 0.717) is 5.56 Å². The first-order chi connectivity index (χ1) is 6.43. The Labute approximate surface area is 85.7 Å². The number of alkyl halides is 4. The highest BCUT2D eigenvalue weighted by Crippen LogP contribution is 2.39. The minimum absolute atomic E-state index is 0.499. The van der Waals surface area contributed by atoms with Gasteiger partial charge in [0.1, 0.15) is 0 Å². The van der Waals surface area contributed by atoms with Crippen LogP contribution in [0, 0.1) is 5.92 Å². The van der Waals surface area contributed by atoms with E-state index in [2.05, 4.69) is 0 Å². The molecule has 0 saturated carbocycles. The van der Waals surface area contributed by atoms with E-state index in [1.807, 2.05) is 0 Å². The van der Waals surface area contributed by atoms with Crippen LogP contribution >= 0.6 is 11.6 Å². The summed E-state index contributed by atoms with van der Waals surface area (Å²) in [6.45, 7) is 1.09. The molecule has 1 aromatic carbocycles. The molecule has 0 aliphatic rings. The Morgan fingerprint density at radius 3 is 2.07 bits per heavy atom. The molecule has 0 N–H and O–H groups in total. The van der Waals surface area contributed by atoms with Crippen molar-refractivity contribution in [2.45, 2.75) is 18.5 Å². The molecule has 0 amide bonds. The summed E-state index contributed by atoms with van der Waals surface area (Å²) in [5.41, 5.74) is 0.499. The fourth-order valence-corrected chi connectivity index (χ4v) is 1.38. The number of hydrogen-bond donors (Lipinski definition) is 0. The normalized spacial score (nSPS) is 16.4. The van der Waals surface area contributed by atoms with Gasteiger partial charge in [-0.05, 0) is 5.56 Å². The molecule has 1 aromatic rings. The molecule has 0 aromatic heterocycles.